The smallest absolute Gasteiger partial charge is 0.254 e. The van der Waals surface area contributed by atoms with Gasteiger partial charge in [0.15, 0.2) is 0 Å². The average Bonchev–Trinajstić information content (AvgIpc) is 3.24. The molecule has 1 fully saturated rings. The molecule has 4 nitrogen and oxygen atoms in total. The first-order chi connectivity index (χ1) is 13.3. The van der Waals surface area contributed by atoms with Crippen LogP contribution in [-0.4, -0.2) is 37.1 Å². The van der Waals surface area contributed by atoms with Crippen molar-refractivity contribution >= 4 is 11.6 Å². The number of hydrogen-bond donors (Lipinski definition) is 1. The topological polar surface area (TPSA) is 41.6 Å². The van der Waals surface area contributed by atoms with Crippen LogP contribution in [0.3, 0.4) is 0 Å². The van der Waals surface area contributed by atoms with Gasteiger partial charge in [-0.05, 0) is 41.7 Å². The molecule has 2 aromatic rings. The van der Waals surface area contributed by atoms with Crippen LogP contribution in [0, 0.1) is 5.92 Å². The molecule has 0 spiro atoms. The highest BCUT2D eigenvalue weighted by Gasteiger charge is 2.38. The molecule has 5 rings (SSSR count). The zero-order chi connectivity index (χ0) is 18.2. The maximum Gasteiger partial charge on any atom is 0.254 e. The van der Waals surface area contributed by atoms with Gasteiger partial charge in [0, 0.05) is 30.3 Å². The Morgan fingerprint density at radius 3 is 2.70 bits per heavy atom. The molecule has 2 aromatic carbocycles. The van der Waals surface area contributed by atoms with Gasteiger partial charge in [0.1, 0.15) is 0 Å². The Bertz CT molecular complexity index is 871. The standard InChI is InChI=1S/C23H24N2O2/c26-23(25-11-13-27-14-12-25)17-9-10-21-20(15-17)18-7-4-8-19(18)22(24-21)16-5-2-1-3-6-16/h1-7,9-10,15,18-19,22,24H,8,11-14H2. The minimum atomic E-state index is 0.116. The molecule has 3 unspecified atom stereocenters. The third-order valence-electron chi connectivity index (χ3n) is 6.07. The zero-order valence-corrected chi connectivity index (χ0v) is 15.3. The lowest BCUT2D eigenvalue weighted by atomic mass is 9.76. The molecule has 2 heterocycles. The van der Waals surface area contributed by atoms with Crippen LogP contribution in [0.4, 0.5) is 5.69 Å². The monoisotopic (exact) mass is 360 g/mol. The van der Waals surface area contributed by atoms with Crippen LogP contribution in [0.25, 0.3) is 0 Å². The molecule has 1 amide bonds. The highest BCUT2D eigenvalue weighted by molar-refractivity contribution is 5.95. The van der Waals surface area contributed by atoms with Crippen molar-refractivity contribution in [3.8, 4) is 0 Å². The molecule has 138 valence electrons. The van der Waals surface area contributed by atoms with Gasteiger partial charge in [-0.15, -0.1) is 0 Å². The Kier molecular flexibility index (Phi) is 4.21. The van der Waals surface area contributed by atoms with Gasteiger partial charge in [0.2, 0.25) is 0 Å². The summed E-state index contributed by atoms with van der Waals surface area (Å²) in [6, 6.07) is 17.1. The number of carbonyl (C=O) groups is 1. The number of fused-ring (bicyclic) bond motifs is 3. The first kappa shape index (κ1) is 16.6. The van der Waals surface area contributed by atoms with Crippen molar-refractivity contribution in [1.82, 2.24) is 4.90 Å². The summed E-state index contributed by atoms with van der Waals surface area (Å²) < 4.78 is 5.37. The third kappa shape index (κ3) is 2.94. The molecule has 4 heteroatoms. The number of morpholine rings is 1. The van der Waals surface area contributed by atoms with Crippen LogP contribution in [0.15, 0.2) is 60.7 Å². The van der Waals surface area contributed by atoms with E-state index < -0.39 is 0 Å². The predicted octanol–water partition coefficient (Wildman–Crippen LogP) is 3.99. The number of nitrogens with one attached hydrogen (secondary N) is 1. The van der Waals surface area contributed by atoms with Crippen molar-refractivity contribution in [2.24, 2.45) is 5.92 Å². The summed E-state index contributed by atoms with van der Waals surface area (Å²) in [4.78, 5) is 14.8. The van der Waals surface area contributed by atoms with Crippen molar-refractivity contribution in [1.29, 1.82) is 0 Å². The largest absolute Gasteiger partial charge is 0.378 e. The summed E-state index contributed by atoms with van der Waals surface area (Å²) in [5, 5.41) is 3.75. The van der Waals surface area contributed by atoms with Gasteiger partial charge in [0.25, 0.3) is 5.91 Å². The highest BCUT2D eigenvalue weighted by atomic mass is 16.5. The Labute approximate surface area is 159 Å². The zero-order valence-electron chi connectivity index (χ0n) is 15.3. The lowest BCUT2D eigenvalue weighted by molar-refractivity contribution is 0.0303. The molecule has 3 aliphatic rings. The first-order valence-electron chi connectivity index (χ1n) is 9.80. The molecule has 0 saturated carbocycles. The molecule has 0 bridgehead atoms. The van der Waals surface area contributed by atoms with Crippen LogP contribution >= 0.6 is 0 Å². The quantitative estimate of drug-likeness (QED) is 0.824. The first-order valence-corrected chi connectivity index (χ1v) is 9.80. The highest BCUT2D eigenvalue weighted by Crippen LogP contribution is 2.49. The summed E-state index contributed by atoms with van der Waals surface area (Å²) in [7, 11) is 0. The number of anilines is 1. The van der Waals surface area contributed by atoms with Gasteiger partial charge in [-0.25, -0.2) is 0 Å². The van der Waals surface area contributed by atoms with Crippen LogP contribution in [0.1, 0.15) is 39.9 Å². The third-order valence-corrected chi connectivity index (χ3v) is 6.07. The van der Waals surface area contributed by atoms with E-state index in [4.69, 9.17) is 4.74 Å². The summed E-state index contributed by atoms with van der Waals surface area (Å²) in [5.74, 6) is 0.974. The van der Waals surface area contributed by atoms with Crippen LogP contribution < -0.4 is 5.32 Å². The Morgan fingerprint density at radius 2 is 1.89 bits per heavy atom. The molecule has 1 aliphatic carbocycles. The molecule has 1 saturated heterocycles. The van der Waals surface area contributed by atoms with Crippen molar-refractivity contribution in [2.75, 3.05) is 31.6 Å². The minimum Gasteiger partial charge on any atom is -0.378 e. The number of benzene rings is 2. The number of nitrogens with zero attached hydrogens (tertiary/aromatic N) is 1. The van der Waals surface area contributed by atoms with Crippen LogP contribution in [-0.2, 0) is 4.74 Å². The van der Waals surface area contributed by atoms with Crippen LogP contribution in [0.2, 0.25) is 0 Å². The van der Waals surface area contributed by atoms with Gasteiger partial charge in [-0.2, -0.15) is 0 Å². The average molecular weight is 360 g/mol. The van der Waals surface area contributed by atoms with E-state index in [-0.39, 0.29) is 5.91 Å². The van der Waals surface area contributed by atoms with Crippen molar-refractivity contribution in [3.05, 3.63) is 77.4 Å². The fraction of sp³-hybridized carbons (Fsp3) is 0.348. The maximum absolute atomic E-state index is 12.9. The van der Waals surface area contributed by atoms with Gasteiger partial charge in [-0.1, -0.05) is 42.5 Å². The van der Waals surface area contributed by atoms with Crippen molar-refractivity contribution in [3.63, 3.8) is 0 Å². The Balaban J connectivity index is 1.47. The van der Waals surface area contributed by atoms with Gasteiger partial charge in [0.05, 0.1) is 19.3 Å². The van der Waals surface area contributed by atoms with E-state index in [2.05, 4.69) is 59.9 Å². The lowest BCUT2D eigenvalue weighted by Gasteiger charge is -2.38. The summed E-state index contributed by atoms with van der Waals surface area (Å²) >= 11 is 0. The Hall–Kier alpha value is -2.59. The maximum atomic E-state index is 12.9. The van der Waals surface area contributed by atoms with E-state index in [9.17, 15) is 4.79 Å². The Morgan fingerprint density at radius 1 is 1.07 bits per heavy atom. The van der Waals surface area contributed by atoms with E-state index >= 15 is 0 Å². The number of hydrogen-bond acceptors (Lipinski definition) is 3. The molecule has 0 radical (unpaired) electrons. The molecule has 27 heavy (non-hydrogen) atoms. The fourth-order valence-corrected chi connectivity index (χ4v) is 4.67. The van der Waals surface area contributed by atoms with E-state index in [1.165, 1.54) is 11.1 Å². The van der Waals surface area contributed by atoms with E-state index in [1.807, 2.05) is 11.0 Å². The molecule has 2 aliphatic heterocycles. The summed E-state index contributed by atoms with van der Waals surface area (Å²) in [5.41, 5.74) is 4.51. The normalized spacial score (nSPS) is 26.2. The van der Waals surface area contributed by atoms with Gasteiger partial charge >= 0.3 is 0 Å². The summed E-state index contributed by atoms with van der Waals surface area (Å²) in [6.07, 6.45) is 5.68. The fourth-order valence-electron chi connectivity index (χ4n) is 4.67. The van der Waals surface area contributed by atoms with E-state index in [0.717, 1.165) is 17.7 Å². The number of amides is 1. The van der Waals surface area contributed by atoms with Gasteiger partial charge < -0.3 is 15.0 Å². The predicted molar refractivity (Wildman–Crippen MR) is 106 cm³/mol. The van der Waals surface area contributed by atoms with Crippen molar-refractivity contribution in [2.45, 2.75) is 18.4 Å². The second-order valence-corrected chi connectivity index (χ2v) is 7.59. The number of rotatable bonds is 2. The van der Waals surface area contributed by atoms with Gasteiger partial charge in [-0.3, -0.25) is 4.79 Å². The van der Waals surface area contributed by atoms with E-state index in [1.54, 1.807) is 0 Å². The number of ether oxygens (including phenoxy) is 1. The van der Waals surface area contributed by atoms with Crippen LogP contribution in [0.5, 0.6) is 0 Å². The molecule has 0 aromatic heterocycles. The minimum absolute atomic E-state index is 0.116. The molecular weight excluding hydrogens is 336 g/mol. The SMILES string of the molecule is O=C(c1ccc2c(c1)C1C=CCC1C(c1ccccc1)N2)N1CCOCC1. The molecular formula is C23H24N2O2. The molecule has 1 N–H and O–H groups in total. The molecule has 3 atom stereocenters. The summed E-state index contributed by atoms with van der Waals surface area (Å²) in [6.45, 7) is 2.61. The number of carbonyl (C=O) groups excluding carboxylic acids is 1. The van der Waals surface area contributed by atoms with E-state index in [0.29, 0.717) is 44.2 Å². The number of allylic oxidation sites excluding steroid dienone is 2. The second-order valence-electron chi connectivity index (χ2n) is 7.59. The van der Waals surface area contributed by atoms with Crippen molar-refractivity contribution < 1.29 is 9.53 Å². The lowest BCUT2D eigenvalue weighted by Crippen LogP contribution is -2.40. The second kappa shape index (κ2) is 6.86.